The monoisotopic (exact) mass is 256 g/mol. The molecule has 0 saturated heterocycles. The Morgan fingerprint density at radius 2 is 2.21 bits per heavy atom. The van der Waals surface area contributed by atoms with Crippen LogP contribution in [-0.2, 0) is 0 Å². The molecule has 1 aliphatic carbocycles. The highest BCUT2D eigenvalue weighted by Gasteiger charge is 2.27. The largest absolute Gasteiger partial charge is 0.492 e. The van der Waals surface area contributed by atoms with E-state index in [2.05, 4.69) is 23.3 Å². The molecule has 3 heteroatoms. The van der Waals surface area contributed by atoms with Gasteiger partial charge in [0.1, 0.15) is 12.4 Å². The molecule has 2 aromatic rings. The van der Waals surface area contributed by atoms with Gasteiger partial charge in [-0.3, -0.25) is 4.98 Å². The molecule has 0 bridgehead atoms. The first-order chi connectivity index (χ1) is 9.34. The fraction of sp³-hybridized carbons (Fsp3) is 0.438. The second-order valence-corrected chi connectivity index (χ2v) is 5.25. The minimum Gasteiger partial charge on any atom is -0.492 e. The molecule has 0 amide bonds. The van der Waals surface area contributed by atoms with Gasteiger partial charge in [0.25, 0.3) is 0 Å². The van der Waals surface area contributed by atoms with Crippen LogP contribution in [-0.4, -0.2) is 24.2 Å². The van der Waals surface area contributed by atoms with Crippen molar-refractivity contribution in [3.63, 3.8) is 0 Å². The number of nitrogens with one attached hydrogen (secondary N) is 1. The average molecular weight is 256 g/mol. The quantitative estimate of drug-likeness (QED) is 0.807. The van der Waals surface area contributed by atoms with E-state index in [0.717, 1.165) is 29.1 Å². The zero-order valence-electron chi connectivity index (χ0n) is 11.3. The maximum absolute atomic E-state index is 5.87. The smallest absolute Gasteiger partial charge is 0.128 e. The summed E-state index contributed by atoms with van der Waals surface area (Å²) in [6.07, 6.45) is 4.57. The van der Waals surface area contributed by atoms with E-state index in [1.807, 2.05) is 30.5 Å². The van der Waals surface area contributed by atoms with Crippen molar-refractivity contribution >= 4 is 10.9 Å². The molecular weight excluding hydrogens is 236 g/mol. The summed E-state index contributed by atoms with van der Waals surface area (Å²) in [5.41, 5.74) is 0.985. The Morgan fingerprint density at radius 3 is 3.05 bits per heavy atom. The molecule has 100 valence electrons. The summed E-state index contributed by atoms with van der Waals surface area (Å²) in [5.74, 6) is 1.81. The number of rotatable bonds is 6. The van der Waals surface area contributed by atoms with Gasteiger partial charge in [-0.15, -0.1) is 0 Å². The normalized spacial score (nSPS) is 16.5. The molecule has 0 spiro atoms. The summed E-state index contributed by atoms with van der Waals surface area (Å²) in [6, 6.07) is 10.6. The van der Waals surface area contributed by atoms with Crippen molar-refractivity contribution < 1.29 is 4.74 Å². The lowest BCUT2D eigenvalue weighted by atomic mass is 10.2. The van der Waals surface area contributed by atoms with Gasteiger partial charge in [0.15, 0.2) is 0 Å². The lowest BCUT2D eigenvalue weighted by Gasteiger charge is -2.13. The number of benzene rings is 1. The van der Waals surface area contributed by atoms with E-state index in [-0.39, 0.29) is 0 Å². The Balaban J connectivity index is 1.56. The SMILES string of the molecule is CC(NCCOc1cccc2ncccc12)C1CC1. The average Bonchev–Trinajstić information content (AvgIpc) is 3.28. The minimum absolute atomic E-state index is 0.623. The predicted molar refractivity (Wildman–Crippen MR) is 77.4 cm³/mol. The van der Waals surface area contributed by atoms with Crippen molar-refractivity contribution in [2.75, 3.05) is 13.2 Å². The number of aromatic nitrogens is 1. The summed E-state index contributed by atoms with van der Waals surface area (Å²) < 4.78 is 5.87. The van der Waals surface area contributed by atoms with E-state index in [0.29, 0.717) is 12.6 Å². The van der Waals surface area contributed by atoms with Crippen LogP contribution >= 0.6 is 0 Å². The Morgan fingerprint density at radius 1 is 1.32 bits per heavy atom. The van der Waals surface area contributed by atoms with Crippen LogP contribution in [0.2, 0.25) is 0 Å². The van der Waals surface area contributed by atoms with Gasteiger partial charge < -0.3 is 10.1 Å². The lowest BCUT2D eigenvalue weighted by Crippen LogP contribution is -2.31. The summed E-state index contributed by atoms with van der Waals surface area (Å²) >= 11 is 0. The van der Waals surface area contributed by atoms with Crippen LogP contribution in [0.4, 0.5) is 0 Å². The van der Waals surface area contributed by atoms with Crippen LogP contribution in [0.1, 0.15) is 19.8 Å². The number of ether oxygens (including phenoxy) is 1. The Bertz CT molecular complexity index is 546. The van der Waals surface area contributed by atoms with Crippen molar-refractivity contribution in [1.82, 2.24) is 10.3 Å². The third kappa shape index (κ3) is 3.04. The van der Waals surface area contributed by atoms with Gasteiger partial charge in [0.05, 0.1) is 5.52 Å². The standard InChI is InChI=1S/C16H20N2O/c1-12(13-7-8-13)17-10-11-19-16-6-2-5-15-14(16)4-3-9-18-15/h2-6,9,12-13,17H,7-8,10-11H2,1H3. The minimum atomic E-state index is 0.623. The Kier molecular flexibility index (Phi) is 3.65. The topological polar surface area (TPSA) is 34.1 Å². The van der Waals surface area contributed by atoms with Gasteiger partial charge in [-0.05, 0) is 49.9 Å². The van der Waals surface area contributed by atoms with E-state index in [1.165, 1.54) is 12.8 Å². The van der Waals surface area contributed by atoms with Crippen molar-refractivity contribution in [3.05, 3.63) is 36.5 Å². The van der Waals surface area contributed by atoms with Gasteiger partial charge in [-0.25, -0.2) is 0 Å². The number of pyridine rings is 1. The highest BCUT2D eigenvalue weighted by atomic mass is 16.5. The molecule has 1 fully saturated rings. The van der Waals surface area contributed by atoms with Crippen molar-refractivity contribution in [1.29, 1.82) is 0 Å². The lowest BCUT2D eigenvalue weighted by molar-refractivity contribution is 0.306. The summed E-state index contributed by atoms with van der Waals surface area (Å²) in [6.45, 7) is 3.86. The summed E-state index contributed by atoms with van der Waals surface area (Å²) in [5, 5.41) is 4.61. The summed E-state index contributed by atoms with van der Waals surface area (Å²) in [4.78, 5) is 4.33. The van der Waals surface area contributed by atoms with Crippen LogP contribution in [0.3, 0.4) is 0 Å². The molecule has 1 aromatic heterocycles. The molecule has 1 saturated carbocycles. The Labute approximate surface area is 114 Å². The Hall–Kier alpha value is -1.61. The van der Waals surface area contributed by atoms with E-state index >= 15 is 0 Å². The van der Waals surface area contributed by atoms with Crippen molar-refractivity contribution in [2.45, 2.75) is 25.8 Å². The maximum atomic E-state index is 5.87. The third-order valence-corrected chi connectivity index (χ3v) is 3.76. The number of nitrogens with zero attached hydrogens (tertiary/aromatic N) is 1. The molecule has 1 aromatic carbocycles. The van der Waals surface area contributed by atoms with Gasteiger partial charge in [0.2, 0.25) is 0 Å². The predicted octanol–water partition coefficient (Wildman–Crippen LogP) is 3.00. The molecule has 1 aliphatic rings. The van der Waals surface area contributed by atoms with E-state index in [9.17, 15) is 0 Å². The van der Waals surface area contributed by atoms with Crippen LogP contribution in [0, 0.1) is 5.92 Å². The summed E-state index contributed by atoms with van der Waals surface area (Å²) in [7, 11) is 0. The van der Waals surface area contributed by atoms with Crippen molar-refractivity contribution in [2.24, 2.45) is 5.92 Å². The third-order valence-electron chi connectivity index (χ3n) is 3.76. The van der Waals surface area contributed by atoms with Crippen LogP contribution in [0.5, 0.6) is 5.75 Å². The fourth-order valence-electron chi connectivity index (χ4n) is 2.41. The van der Waals surface area contributed by atoms with E-state index in [4.69, 9.17) is 4.74 Å². The van der Waals surface area contributed by atoms with E-state index < -0.39 is 0 Å². The van der Waals surface area contributed by atoms with Gasteiger partial charge >= 0.3 is 0 Å². The molecule has 1 heterocycles. The van der Waals surface area contributed by atoms with Gasteiger partial charge in [-0.1, -0.05) is 6.07 Å². The van der Waals surface area contributed by atoms with Crippen molar-refractivity contribution in [3.8, 4) is 5.75 Å². The molecule has 3 rings (SSSR count). The molecule has 1 N–H and O–H groups in total. The molecule has 3 nitrogen and oxygen atoms in total. The molecule has 1 unspecified atom stereocenters. The van der Waals surface area contributed by atoms with Crippen LogP contribution < -0.4 is 10.1 Å². The molecule has 19 heavy (non-hydrogen) atoms. The molecule has 1 atom stereocenters. The highest BCUT2D eigenvalue weighted by molar-refractivity contribution is 5.84. The first kappa shape index (κ1) is 12.4. The fourth-order valence-corrected chi connectivity index (χ4v) is 2.41. The number of hydrogen-bond donors (Lipinski definition) is 1. The van der Waals surface area contributed by atoms with Gasteiger partial charge in [-0.2, -0.15) is 0 Å². The molecule has 0 aliphatic heterocycles. The maximum Gasteiger partial charge on any atom is 0.128 e. The molecule has 0 radical (unpaired) electrons. The number of hydrogen-bond acceptors (Lipinski definition) is 3. The van der Waals surface area contributed by atoms with E-state index in [1.54, 1.807) is 0 Å². The highest BCUT2D eigenvalue weighted by Crippen LogP contribution is 2.32. The first-order valence-electron chi connectivity index (χ1n) is 7.04. The van der Waals surface area contributed by atoms with Crippen LogP contribution in [0.25, 0.3) is 10.9 Å². The zero-order chi connectivity index (χ0) is 13.1. The van der Waals surface area contributed by atoms with Gasteiger partial charge in [0, 0.05) is 24.2 Å². The second-order valence-electron chi connectivity index (χ2n) is 5.25. The molecular formula is C16H20N2O. The number of fused-ring (bicyclic) bond motifs is 1. The second kappa shape index (κ2) is 5.57. The zero-order valence-corrected chi connectivity index (χ0v) is 11.3. The first-order valence-corrected chi connectivity index (χ1v) is 7.04. The van der Waals surface area contributed by atoms with Crippen LogP contribution in [0.15, 0.2) is 36.5 Å².